The molecular formula is C12H10Cl2O. The van der Waals surface area contributed by atoms with E-state index in [1.165, 1.54) is 5.57 Å². The number of carbonyl (C=O) groups is 1. The lowest BCUT2D eigenvalue weighted by Crippen LogP contribution is -1.87. The zero-order valence-electron chi connectivity index (χ0n) is 8.09. The van der Waals surface area contributed by atoms with Crippen molar-refractivity contribution in [2.45, 2.75) is 19.3 Å². The van der Waals surface area contributed by atoms with Crippen molar-refractivity contribution in [3.63, 3.8) is 0 Å². The molecule has 1 aliphatic rings. The number of ketones is 1. The molecule has 0 radical (unpaired) electrons. The molecule has 0 spiro atoms. The van der Waals surface area contributed by atoms with Gasteiger partial charge in [-0.15, -0.1) is 0 Å². The molecule has 1 nitrogen and oxygen atoms in total. The van der Waals surface area contributed by atoms with Crippen LogP contribution in [0.3, 0.4) is 0 Å². The molecule has 15 heavy (non-hydrogen) atoms. The van der Waals surface area contributed by atoms with Gasteiger partial charge in [-0.2, -0.15) is 0 Å². The third-order valence-electron chi connectivity index (χ3n) is 2.47. The first-order chi connectivity index (χ1) is 7.15. The Morgan fingerprint density at radius 3 is 2.53 bits per heavy atom. The molecule has 2 rings (SSSR count). The van der Waals surface area contributed by atoms with E-state index in [9.17, 15) is 4.79 Å². The maximum atomic E-state index is 11.0. The summed E-state index contributed by atoms with van der Waals surface area (Å²) in [6.07, 6.45) is 4.06. The van der Waals surface area contributed by atoms with E-state index in [0.29, 0.717) is 16.5 Å². The Morgan fingerprint density at radius 2 is 1.93 bits per heavy atom. The van der Waals surface area contributed by atoms with Gasteiger partial charge in [0.05, 0.1) is 10.0 Å². The lowest BCUT2D eigenvalue weighted by molar-refractivity contribution is -0.114. The minimum atomic E-state index is 0.227. The van der Waals surface area contributed by atoms with Crippen molar-refractivity contribution < 1.29 is 4.79 Å². The molecule has 0 N–H and O–H groups in total. The van der Waals surface area contributed by atoms with E-state index in [0.717, 1.165) is 18.4 Å². The summed E-state index contributed by atoms with van der Waals surface area (Å²) in [7, 11) is 0. The van der Waals surface area contributed by atoms with Crippen LogP contribution in [0.2, 0.25) is 10.0 Å². The second kappa shape index (κ2) is 4.38. The molecule has 0 heterocycles. The molecule has 0 unspecified atom stereocenters. The maximum Gasteiger partial charge on any atom is 0.155 e. The van der Waals surface area contributed by atoms with Crippen LogP contribution in [0.25, 0.3) is 0 Å². The lowest BCUT2D eigenvalue weighted by Gasteiger charge is -2.03. The Balaban J connectivity index is 2.14. The van der Waals surface area contributed by atoms with E-state index < -0.39 is 0 Å². The molecule has 0 saturated heterocycles. The van der Waals surface area contributed by atoms with E-state index >= 15 is 0 Å². The molecule has 0 amide bonds. The first kappa shape index (κ1) is 10.7. The van der Waals surface area contributed by atoms with Crippen molar-refractivity contribution in [3.05, 3.63) is 45.5 Å². The van der Waals surface area contributed by atoms with Gasteiger partial charge in [0, 0.05) is 6.42 Å². The summed E-state index contributed by atoms with van der Waals surface area (Å²) in [4.78, 5) is 11.0. The van der Waals surface area contributed by atoms with Crippen molar-refractivity contribution in [3.8, 4) is 0 Å². The van der Waals surface area contributed by atoms with Crippen molar-refractivity contribution >= 4 is 29.0 Å². The number of halogens is 2. The third kappa shape index (κ3) is 2.61. The summed E-state index contributed by atoms with van der Waals surface area (Å²) in [6.45, 7) is 0. The van der Waals surface area contributed by atoms with Crippen LogP contribution in [0.5, 0.6) is 0 Å². The molecule has 0 fully saturated rings. The molecular weight excluding hydrogens is 231 g/mol. The fourth-order valence-corrected chi connectivity index (χ4v) is 2.03. The van der Waals surface area contributed by atoms with Crippen LogP contribution in [0.1, 0.15) is 18.4 Å². The highest BCUT2D eigenvalue weighted by Crippen LogP contribution is 2.25. The number of rotatable bonds is 2. The van der Waals surface area contributed by atoms with Crippen molar-refractivity contribution in [2.75, 3.05) is 0 Å². The number of allylic oxidation sites excluding steroid dienone is 2. The topological polar surface area (TPSA) is 17.1 Å². The number of benzene rings is 1. The fraction of sp³-hybridized carbons (Fsp3) is 0.250. The molecule has 0 atom stereocenters. The van der Waals surface area contributed by atoms with Crippen LogP contribution in [0, 0.1) is 0 Å². The average Bonchev–Trinajstić information content (AvgIpc) is 2.58. The van der Waals surface area contributed by atoms with Gasteiger partial charge in [-0.1, -0.05) is 34.8 Å². The first-order valence-electron chi connectivity index (χ1n) is 4.81. The van der Waals surface area contributed by atoms with Gasteiger partial charge < -0.3 is 0 Å². The molecule has 0 aromatic heterocycles. The summed E-state index contributed by atoms with van der Waals surface area (Å²) >= 11 is 11.7. The second-order valence-corrected chi connectivity index (χ2v) is 4.51. The normalized spacial score (nSPS) is 15.6. The second-order valence-electron chi connectivity index (χ2n) is 3.69. The quantitative estimate of drug-likeness (QED) is 0.769. The highest BCUT2D eigenvalue weighted by Gasteiger charge is 2.12. The molecule has 3 heteroatoms. The molecule has 1 aromatic carbocycles. The number of hydrogen-bond acceptors (Lipinski definition) is 1. The van der Waals surface area contributed by atoms with Crippen molar-refractivity contribution in [2.24, 2.45) is 0 Å². The smallest absolute Gasteiger partial charge is 0.155 e. The Labute approximate surface area is 98.7 Å². The summed E-state index contributed by atoms with van der Waals surface area (Å²) in [6, 6.07) is 5.59. The minimum Gasteiger partial charge on any atom is -0.295 e. The van der Waals surface area contributed by atoms with E-state index in [1.54, 1.807) is 12.1 Å². The number of hydrogen-bond donors (Lipinski definition) is 0. The van der Waals surface area contributed by atoms with Crippen molar-refractivity contribution in [1.29, 1.82) is 0 Å². The van der Waals surface area contributed by atoms with Crippen LogP contribution >= 0.6 is 23.2 Å². The van der Waals surface area contributed by atoms with Crippen molar-refractivity contribution in [1.82, 2.24) is 0 Å². The van der Waals surface area contributed by atoms with Gasteiger partial charge in [0.1, 0.15) is 0 Å². The van der Waals surface area contributed by atoms with E-state index in [1.807, 2.05) is 12.1 Å². The SMILES string of the molecule is O=C1C=C(Cc2ccc(Cl)c(Cl)c2)CC1. The Kier molecular flexibility index (Phi) is 3.13. The molecule has 0 bridgehead atoms. The zero-order chi connectivity index (χ0) is 10.8. The predicted molar refractivity (Wildman–Crippen MR) is 62.5 cm³/mol. The van der Waals surface area contributed by atoms with Gasteiger partial charge in [-0.3, -0.25) is 4.79 Å². The van der Waals surface area contributed by atoms with E-state index in [4.69, 9.17) is 23.2 Å². The van der Waals surface area contributed by atoms with Crippen LogP contribution in [-0.4, -0.2) is 5.78 Å². The van der Waals surface area contributed by atoms with Crippen LogP contribution in [0.4, 0.5) is 0 Å². The maximum absolute atomic E-state index is 11.0. The predicted octanol–water partition coefficient (Wildman–Crippen LogP) is 3.83. The Hall–Kier alpha value is -0.790. The van der Waals surface area contributed by atoms with Crippen LogP contribution in [-0.2, 0) is 11.2 Å². The molecule has 1 aromatic rings. The van der Waals surface area contributed by atoms with Gasteiger partial charge in [0.15, 0.2) is 5.78 Å². The highest BCUT2D eigenvalue weighted by molar-refractivity contribution is 6.42. The van der Waals surface area contributed by atoms with Gasteiger partial charge in [0.2, 0.25) is 0 Å². The third-order valence-corrected chi connectivity index (χ3v) is 3.21. The summed E-state index contributed by atoms with van der Waals surface area (Å²) < 4.78 is 0. The molecule has 0 aliphatic heterocycles. The highest BCUT2D eigenvalue weighted by atomic mass is 35.5. The van der Waals surface area contributed by atoms with Gasteiger partial charge >= 0.3 is 0 Å². The van der Waals surface area contributed by atoms with Gasteiger partial charge in [0.25, 0.3) is 0 Å². The Morgan fingerprint density at radius 1 is 1.13 bits per heavy atom. The monoisotopic (exact) mass is 240 g/mol. The Bertz CT molecular complexity index is 435. The standard InChI is InChI=1S/C12H10Cl2O/c13-11-4-2-9(7-12(11)14)5-8-1-3-10(15)6-8/h2,4,6-7H,1,3,5H2. The fourth-order valence-electron chi connectivity index (χ4n) is 1.71. The minimum absolute atomic E-state index is 0.227. The zero-order valence-corrected chi connectivity index (χ0v) is 9.61. The van der Waals surface area contributed by atoms with Gasteiger partial charge in [-0.25, -0.2) is 0 Å². The van der Waals surface area contributed by atoms with E-state index in [2.05, 4.69) is 0 Å². The lowest BCUT2D eigenvalue weighted by atomic mass is 10.1. The van der Waals surface area contributed by atoms with E-state index in [-0.39, 0.29) is 5.78 Å². The van der Waals surface area contributed by atoms with Crippen LogP contribution < -0.4 is 0 Å². The van der Waals surface area contributed by atoms with Gasteiger partial charge in [-0.05, 0) is 36.6 Å². The first-order valence-corrected chi connectivity index (χ1v) is 5.57. The molecule has 78 valence electrons. The summed E-state index contributed by atoms with van der Waals surface area (Å²) in [5, 5.41) is 1.14. The molecule has 0 saturated carbocycles. The summed E-state index contributed by atoms with van der Waals surface area (Å²) in [5.41, 5.74) is 2.28. The number of carbonyl (C=O) groups excluding carboxylic acids is 1. The largest absolute Gasteiger partial charge is 0.295 e. The summed E-state index contributed by atoms with van der Waals surface area (Å²) in [5.74, 6) is 0.227. The van der Waals surface area contributed by atoms with Crippen LogP contribution in [0.15, 0.2) is 29.8 Å². The average molecular weight is 241 g/mol. The molecule has 1 aliphatic carbocycles.